The van der Waals surface area contributed by atoms with Crippen LogP contribution in [0.1, 0.15) is 31.2 Å². The van der Waals surface area contributed by atoms with Crippen molar-refractivity contribution in [2.45, 2.75) is 25.7 Å². The maximum Gasteiger partial charge on any atom is 0.0662 e. The molecule has 2 nitrogen and oxygen atoms in total. The van der Waals surface area contributed by atoms with E-state index in [2.05, 4.69) is 23.0 Å². The Labute approximate surface area is 101 Å². The Morgan fingerprint density at radius 1 is 1.12 bits per heavy atom. The summed E-state index contributed by atoms with van der Waals surface area (Å²) < 4.78 is 1.86. The highest BCUT2D eigenvalue weighted by Crippen LogP contribution is 2.16. The lowest BCUT2D eigenvalue weighted by molar-refractivity contribution is 0.715. The van der Waals surface area contributed by atoms with E-state index in [9.17, 15) is 0 Å². The molecule has 0 amide bonds. The molecule has 0 unspecified atom stereocenters. The molecule has 0 aliphatic heterocycles. The topological polar surface area (TPSA) is 17.3 Å². The molecule has 2 heterocycles. The summed E-state index contributed by atoms with van der Waals surface area (Å²) in [6.45, 7) is 0. The Balaban J connectivity index is 1.89. The van der Waals surface area contributed by atoms with E-state index in [4.69, 9.17) is 0 Å². The van der Waals surface area contributed by atoms with Gasteiger partial charge in [0.15, 0.2) is 0 Å². The highest BCUT2D eigenvalue weighted by Gasteiger charge is 1.99. The fourth-order valence-electron chi connectivity index (χ4n) is 2.09. The molecular formula is C15H14N2. The van der Waals surface area contributed by atoms with Crippen molar-refractivity contribution >= 4 is 5.52 Å². The van der Waals surface area contributed by atoms with Crippen LogP contribution in [0.25, 0.3) is 5.52 Å². The Morgan fingerprint density at radius 3 is 3.00 bits per heavy atom. The van der Waals surface area contributed by atoms with Gasteiger partial charge in [0.25, 0.3) is 0 Å². The molecule has 1 aliphatic rings. The minimum atomic E-state index is 1.02. The maximum atomic E-state index is 4.21. The standard InChI is InChI=1S/C15H14N2/c1-2-4-13(5-3-1)6-7-14-8-9-15-10-11-16-17(15)12-14/h4,8-12H,1-3,5H2. The van der Waals surface area contributed by atoms with E-state index in [-0.39, 0.29) is 0 Å². The second-order valence-electron chi connectivity index (χ2n) is 4.34. The van der Waals surface area contributed by atoms with Crippen molar-refractivity contribution in [3.63, 3.8) is 0 Å². The molecule has 0 atom stereocenters. The van der Waals surface area contributed by atoms with E-state index in [1.54, 1.807) is 6.20 Å². The van der Waals surface area contributed by atoms with Crippen molar-refractivity contribution in [1.82, 2.24) is 9.61 Å². The Kier molecular flexibility index (Phi) is 2.67. The highest BCUT2D eigenvalue weighted by atomic mass is 15.2. The van der Waals surface area contributed by atoms with Crippen molar-refractivity contribution in [3.8, 4) is 11.8 Å². The number of allylic oxidation sites excluding steroid dienone is 2. The third-order valence-corrected chi connectivity index (χ3v) is 3.05. The fraction of sp³-hybridized carbons (Fsp3) is 0.267. The molecule has 3 rings (SSSR count). The van der Waals surface area contributed by atoms with Crippen molar-refractivity contribution in [3.05, 3.63) is 47.8 Å². The summed E-state index contributed by atoms with van der Waals surface area (Å²) in [5.41, 5.74) is 3.41. The highest BCUT2D eigenvalue weighted by molar-refractivity contribution is 5.49. The van der Waals surface area contributed by atoms with Gasteiger partial charge in [0, 0.05) is 18.0 Å². The third kappa shape index (κ3) is 2.24. The number of aromatic nitrogens is 2. The number of hydrogen-bond donors (Lipinski definition) is 0. The van der Waals surface area contributed by atoms with E-state index in [0.717, 1.165) is 17.5 Å². The summed E-state index contributed by atoms with van der Waals surface area (Å²) in [7, 11) is 0. The van der Waals surface area contributed by atoms with Crippen molar-refractivity contribution in [2.24, 2.45) is 0 Å². The van der Waals surface area contributed by atoms with Gasteiger partial charge in [-0.1, -0.05) is 17.9 Å². The van der Waals surface area contributed by atoms with Crippen LogP contribution < -0.4 is 0 Å². The molecular weight excluding hydrogens is 208 g/mol. The van der Waals surface area contributed by atoms with Gasteiger partial charge in [-0.05, 0) is 49.5 Å². The monoisotopic (exact) mass is 222 g/mol. The number of hydrogen-bond acceptors (Lipinski definition) is 1. The van der Waals surface area contributed by atoms with E-state index in [1.165, 1.54) is 24.8 Å². The molecule has 0 spiro atoms. The molecule has 17 heavy (non-hydrogen) atoms. The first-order valence-corrected chi connectivity index (χ1v) is 6.06. The Morgan fingerprint density at radius 2 is 2.12 bits per heavy atom. The zero-order chi connectivity index (χ0) is 11.5. The van der Waals surface area contributed by atoms with Crippen molar-refractivity contribution in [2.75, 3.05) is 0 Å². The van der Waals surface area contributed by atoms with Gasteiger partial charge in [0.2, 0.25) is 0 Å². The van der Waals surface area contributed by atoms with Gasteiger partial charge in [-0.3, -0.25) is 0 Å². The number of nitrogens with zero attached hydrogens (tertiary/aromatic N) is 2. The molecule has 0 aromatic carbocycles. The van der Waals surface area contributed by atoms with Crippen LogP contribution in [-0.4, -0.2) is 9.61 Å². The minimum absolute atomic E-state index is 1.02. The SMILES string of the molecule is C(#Cc1ccc2ccnn2c1)C1=CCCCC1. The van der Waals surface area contributed by atoms with Crippen LogP contribution in [0.2, 0.25) is 0 Å². The van der Waals surface area contributed by atoms with Crippen LogP contribution in [-0.2, 0) is 0 Å². The molecule has 0 N–H and O–H groups in total. The first kappa shape index (κ1) is 10.2. The molecule has 0 saturated heterocycles. The molecule has 0 radical (unpaired) electrons. The van der Waals surface area contributed by atoms with Gasteiger partial charge in [0.1, 0.15) is 0 Å². The Bertz CT molecular complexity index is 623. The zero-order valence-corrected chi connectivity index (χ0v) is 9.69. The maximum absolute atomic E-state index is 4.21. The summed E-state index contributed by atoms with van der Waals surface area (Å²) in [5.74, 6) is 6.48. The largest absolute Gasteiger partial charge is 0.240 e. The summed E-state index contributed by atoms with van der Waals surface area (Å²) in [6.07, 6.45) is 11.0. The lowest BCUT2D eigenvalue weighted by Gasteiger charge is -2.05. The zero-order valence-electron chi connectivity index (χ0n) is 9.69. The molecule has 0 fully saturated rings. The number of rotatable bonds is 0. The second-order valence-corrected chi connectivity index (χ2v) is 4.34. The van der Waals surface area contributed by atoms with Crippen LogP contribution in [0, 0.1) is 11.8 Å². The molecule has 0 saturated carbocycles. The van der Waals surface area contributed by atoms with Crippen molar-refractivity contribution in [1.29, 1.82) is 0 Å². The van der Waals surface area contributed by atoms with Gasteiger partial charge in [-0.2, -0.15) is 5.10 Å². The quantitative estimate of drug-likeness (QED) is 0.626. The van der Waals surface area contributed by atoms with Crippen LogP contribution >= 0.6 is 0 Å². The molecule has 84 valence electrons. The molecule has 1 aliphatic carbocycles. The van der Waals surface area contributed by atoms with Gasteiger partial charge in [-0.25, -0.2) is 4.52 Å². The lowest BCUT2D eigenvalue weighted by atomic mass is 10.00. The van der Waals surface area contributed by atoms with Gasteiger partial charge in [0.05, 0.1) is 5.52 Å². The summed E-state index contributed by atoms with van der Waals surface area (Å²) >= 11 is 0. The smallest absolute Gasteiger partial charge is 0.0662 e. The van der Waals surface area contributed by atoms with Crippen LogP contribution in [0.3, 0.4) is 0 Å². The van der Waals surface area contributed by atoms with E-state index in [0.29, 0.717) is 0 Å². The first-order chi connectivity index (χ1) is 8.42. The first-order valence-electron chi connectivity index (χ1n) is 6.06. The summed E-state index contributed by atoms with van der Waals surface area (Å²) in [4.78, 5) is 0. The number of fused-ring (bicyclic) bond motifs is 1. The fourth-order valence-corrected chi connectivity index (χ4v) is 2.09. The minimum Gasteiger partial charge on any atom is -0.240 e. The Hall–Kier alpha value is -2.01. The molecule has 2 aromatic heterocycles. The van der Waals surface area contributed by atoms with Crippen LogP contribution in [0.4, 0.5) is 0 Å². The molecule has 2 heteroatoms. The average Bonchev–Trinajstić information content (AvgIpc) is 2.85. The predicted octanol–water partition coefficient (Wildman–Crippen LogP) is 3.19. The predicted molar refractivity (Wildman–Crippen MR) is 68.6 cm³/mol. The summed E-state index contributed by atoms with van der Waals surface area (Å²) in [6, 6.07) is 6.08. The van der Waals surface area contributed by atoms with Crippen LogP contribution in [0.5, 0.6) is 0 Å². The van der Waals surface area contributed by atoms with Crippen LogP contribution in [0.15, 0.2) is 42.2 Å². The van der Waals surface area contributed by atoms with Gasteiger partial charge >= 0.3 is 0 Å². The lowest BCUT2D eigenvalue weighted by Crippen LogP contribution is -1.90. The van der Waals surface area contributed by atoms with E-state index >= 15 is 0 Å². The van der Waals surface area contributed by atoms with E-state index in [1.807, 2.05) is 28.9 Å². The van der Waals surface area contributed by atoms with E-state index < -0.39 is 0 Å². The average molecular weight is 222 g/mol. The van der Waals surface area contributed by atoms with Gasteiger partial charge < -0.3 is 0 Å². The number of pyridine rings is 1. The van der Waals surface area contributed by atoms with Crippen molar-refractivity contribution < 1.29 is 0 Å². The molecule has 2 aromatic rings. The second kappa shape index (κ2) is 4.47. The molecule has 0 bridgehead atoms. The normalized spacial score (nSPS) is 15.2. The van der Waals surface area contributed by atoms with Gasteiger partial charge in [-0.15, -0.1) is 0 Å². The summed E-state index contributed by atoms with van der Waals surface area (Å²) in [5, 5.41) is 4.21. The third-order valence-electron chi connectivity index (χ3n) is 3.05.